The summed E-state index contributed by atoms with van der Waals surface area (Å²) in [5.41, 5.74) is 5.92. The summed E-state index contributed by atoms with van der Waals surface area (Å²) in [6.45, 7) is 8.58. The Morgan fingerprint density at radius 3 is 2.85 bits per heavy atom. The van der Waals surface area contributed by atoms with E-state index >= 15 is 0 Å². The van der Waals surface area contributed by atoms with Crippen molar-refractivity contribution >= 4 is 5.71 Å². The van der Waals surface area contributed by atoms with Gasteiger partial charge in [-0.2, -0.15) is 5.10 Å². The Morgan fingerprint density at radius 2 is 2.08 bits per heavy atom. The lowest BCUT2D eigenvalue weighted by Crippen LogP contribution is -2.42. The topological polar surface area (TPSA) is 46.1 Å². The number of nitrogens with one attached hydrogen (secondary N) is 1. The highest BCUT2D eigenvalue weighted by Crippen LogP contribution is 2.37. The van der Waals surface area contributed by atoms with Gasteiger partial charge >= 0.3 is 0 Å². The molecule has 1 fully saturated rings. The molecule has 0 amide bonds. The summed E-state index contributed by atoms with van der Waals surface area (Å²) in [4.78, 5) is 2.56. The minimum atomic E-state index is 0.229. The molecule has 0 aromatic heterocycles. The number of rotatable bonds is 9. The number of fused-ring (bicyclic) bond motifs is 1. The maximum absolute atomic E-state index is 5.92. The van der Waals surface area contributed by atoms with E-state index in [2.05, 4.69) is 41.4 Å². The molecule has 1 aromatic rings. The fourth-order valence-corrected chi connectivity index (χ4v) is 3.97. The lowest BCUT2D eigenvalue weighted by Gasteiger charge is -2.33. The number of methoxy groups -OCH3 is 1. The molecule has 0 radical (unpaired) electrons. The summed E-state index contributed by atoms with van der Waals surface area (Å²) >= 11 is 0. The average molecular weight is 360 g/mol. The van der Waals surface area contributed by atoms with E-state index in [9.17, 15) is 0 Å². The van der Waals surface area contributed by atoms with Crippen molar-refractivity contribution in [2.24, 2.45) is 11.0 Å². The molecule has 5 heteroatoms. The van der Waals surface area contributed by atoms with Gasteiger partial charge in [-0.15, -0.1) is 0 Å². The van der Waals surface area contributed by atoms with E-state index in [0.717, 1.165) is 44.0 Å². The number of unbranched alkanes of at least 4 members (excludes halogenated alkanes) is 2. The van der Waals surface area contributed by atoms with Gasteiger partial charge in [-0.1, -0.05) is 32.8 Å². The molecule has 0 spiro atoms. The van der Waals surface area contributed by atoms with Gasteiger partial charge in [0.2, 0.25) is 0 Å². The summed E-state index contributed by atoms with van der Waals surface area (Å²) in [6.07, 6.45) is 5.76. The van der Waals surface area contributed by atoms with Crippen LogP contribution in [-0.2, 0) is 0 Å². The van der Waals surface area contributed by atoms with Gasteiger partial charge in [0.1, 0.15) is 0 Å². The van der Waals surface area contributed by atoms with Gasteiger partial charge in [-0.05, 0) is 37.1 Å². The van der Waals surface area contributed by atoms with Crippen LogP contribution in [0, 0.1) is 5.92 Å². The van der Waals surface area contributed by atoms with Gasteiger partial charge in [0.05, 0.1) is 19.8 Å². The quantitative estimate of drug-likeness (QED) is 0.677. The Hall–Kier alpha value is -1.75. The monoisotopic (exact) mass is 359 g/mol. The van der Waals surface area contributed by atoms with Gasteiger partial charge in [-0.3, -0.25) is 0 Å². The Kier molecular flexibility index (Phi) is 6.78. The van der Waals surface area contributed by atoms with Crippen LogP contribution in [0.2, 0.25) is 0 Å². The second-order valence-corrected chi connectivity index (χ2v) is 7.33. The Morgan fingerprint density at radius 1 is 1.19 bits per heavy atom. The Bertz CT molecular complexity index is 617. The molecular weight excluding hydrogens is 326 g/mol. The molecule has 26 heavy (non-hydrogen) atoms. The highest BCUT2D eigenvalue weighted by atomic mass is 16.5. The second kappa shape index (κ2) is 9.26. The number of hydrazone groups is 1. The van der Waals surface area contributed by atoms with Gasteiger partial charge in [0.25, 0.3) is 0 Å². The van der Waals surface area contributed by atoms with Crippen molar-refractivity contribution in [3.8, 4) is 11.5 Å². The van der Waals surface area contributed by atoms with Crippen LogP contribution >= 0.6 is 0 Å². The molecule has 2 unspecified atom stereocenters. The number of piperidine rings is 1. The molecule has 0 aliphatic carbocycles. The number of hydrogen-bond donors (Lipinski definition) is 1. The number of hydrogen-bond acceptors (Lipinski definition) is 5. The molecule has 2 aliphatic heterocycles. The molecule has 2 heterocycles. The number of likely N-dealkylation sites (tertiary alicyclic amines) is 1. The molecule has 0 saturated carbocycles. The molecule has 2 atom stereocenters. The standard InChI is InChI=1S/C21H33N3O2/c1-4-6-7-13-26-19-9-8-16(14-20(19)25-3)21-17-15-24(11-5-2)12-10-18(17)22-23-21/h8-9,14,17,21,23H,4-7,10-13,15H2,1-3H3. The van der Waals surface area contributed by atoms with Crippen LogP contribution in [-0.4, -0.2) is 44.0 Å². The summed E-state index contributed by atoms with van der Waals surface area (Å²) in [5.74, 6) is 2.11. The molecular formula is C21H33N3O2. The lowest BCUT2D eigenvalue weighted by molar-refractivity contribution is 0.228. The van der Waals surface area contributed by atoms with Gasteiger partial charge in [-0.25, -0.2) is 0 Å². The third-order valence-corrected chi connectivity index (χ3v) is 5.41. The normalized spacial score (nSPS) is 22.5. The smallest absolute Gasteiger partial charge is 0.161 e. The molecule has 1 saturated heterocycles. The van der Waals surface area contributed by atoms with Crippen molar-refractivity contribution in [3.05, 3.63) is 23.8 Å². The van der Waals surface area contributed by atoms with Crippen molar-refractivity contribution in [1.82, 2.24) is 10.3 Å². The minimum absolute atomic E-state index is 0.229. The third kappa shape index (κ3) is 4.32. The van der Waals surface area contributed by atoms with Crippen LogP contribution in [0.4, 0.5) is 0 Å². The third-order valence-electron chi connectivity index (χ3n) is 5.41. The second-order valence-electron chi connectivity index (χ2n) is 7.33. The van der Waals surface area contributed by atoms with Gasteiger partial charge in [0.15, 0.2) is 11.5 Å². The van der Waals surface area contributed by atoms with Crippen LogP contribution in [0.3, 0.4) is 0 Å². The predicted molar refractivity (Wildman–Crippen MR) is 106 cm³/mol. The van der Waals surface area contributed by atoms with Crippen LogP contribution in [0.1, 0.15) is 57.6 Å². The molecule has 3 rings (SSSR count). The number of nitrogens with zero attached hydrogens (tertiary/aromatic N) is 2. The zero-order chi connectivity index (χ0) is 18.4. The fourth-order valence-electron chi connectivity index (χ4n) is 3.97. The minimum Gasteiger partial charge on any atom is -0.493 e. The first-order chi connectivity index (χ1) is 12.8. The highest BCUT2D eigenvalue weighted by Gasteiger charge is 2.37. The first kappa shape index (κ1) is 19.0. The van der Waals surface area contributed by atoms with Gasteiger partial charge in [0, 0.05) is 31.1 Å². The number of ether oxygens (including phenoxy) is 2. The van der Waals surface area contributed by atoms with Crippen LogP contribution in [0.25, 0.3) is 0 Å². The van der Waals surface area contributed by atoms with E-state index in [1.54, 1.807) is 7.11 Å². The molecule has 1 N–H and O–H groups in total. The largest absolute Gasteiger partial charge is 0.493 e. The SMILES string of the molecule is CCCCCOc1ccc(C2NN=C3CCN(CCC)CC32)cc1OC. The fraction of sp³-hybridized carbons (Fsp3) is 0.667. The van der Waals surface area contributed by atoms with E-state index in [0.29, 0.717) is 5.92 Å². The highest BCUT2D eigenvalue weighted by molar-refractivity contribution is 5.90. The van der Waals surface area contributed by atoms with Crippen molar-refractivity contribution in [1.29, 1.82) is 0 Å². The molecule has 1 aromatic carbocycles. The van der Waals surface area contributed by atoms with Crippen LogP contribution in [0.15, 0.2) is 23.3 Å². The van der Waals surface area contributed by atoms with E-state index in [1.807, 2.05) is 6.07 Å². The van der Waals surface area contributed by atoms with Crippen molar-refractivity contribution in [2.75, 3.05) is 33.4 Å². The molecule has 5 nitrogen and oxygen atoms in total. The Labute approximate surface area is 157 Å². The first-order valence-corrected chi connectivity index (χ1v) is 10.1. The lowest BCUT2D eigenvalue weighted by atomic mass is 9.86. The van der Waals surface area contributed by atoms with E-state index in [4.69, 9.17) is 9.47 Å². The first-order valence-electron chi connectivity index (χ1n) is 10.1. The Balaban J connectivity index is 1.69. The molecule has 2 aliphatic rings. The summed E-state index contributed by atoms with van der Waals surface area (Å²) < 4.78 is 11.5. The average Bonchev–Trinajstić information content (AvgIpc) is 3.09. The van der Waals surface area contributed by atoms with Gasteiger partial charge < -0.3 is 19.8 Å². The summed E-state index contributed by atoms with van der Waals surface area (Å²) in [6, 6.07) is 6.55. The van der Waals surface area contributed by atoms with Crippen molar-refractivity contribution < 1.29 is 9.47 Å². The van der Waals surface area contributed by atoms with Crippen molar-refractivity contribution in [2.45, 2.75) is 52.0 Å². The zero-order valence-corrected chi connectivity index (χ0v) is 16.5. The molecule has 144 valence electrons. The predicted octanol–water partition coefficient (Wildman–Crippen LogP) is 4.00. The summed E-state index contributed by atoms with van der Waals surface area (Å²) in [7, 11) is 1.71. The summed E-state index contributed by atoms with van der Waals surface area (Å²) in [5, 5.41) is 4.63. The number of benzene rings is 1. The van der Waals surface area contributed by atoms with E-state index < -0.39 is 0 Å². The van der Waals surface area contributed by atoms with Crippen LogP contribution in [0.5, 0.6) is 11.5 Å². The maximum atomic E-state index is 5.92. The van der Waals surface area contributed by atoms with E-state index in [1.165, 1.54) is 37.1 Å². The van der Waals surface area contributed by atoms with E-state index in [-0.39, 0.29) is 6.04 Å². The van der Waals surface area contributed by atoms with Crippen molar-refractivity contribution in [3.63, 3.8) is 0 Å². The molecule has 0 bridgehead atoms. The maximum Gasteiger partial charge on any atom is 0.161 e. The zero-order valence-electron chi connectivity index (χ0n) is 16.5. The van der Waals surface area contributed by atoms with Crippen LogP contribution < -0.4 is 14.9 Å².